The van der Waals surface area contributed by atoms with Crippen LogP contribution >= 0.6 is 0 Å². The summed E-state index contributed by atoms with van der Waals surface area (Å²) < 4.78 is 1.67. The minimum absolute atomic E-state index is 0.277. The lowest BCUT2D eigenvalue weighted by molar-refractivity contribution is 0.0696. The predicted molar refractivity (Wildman–Crippen MR) is 74.0 cm³/mol. The van der Waals surface area contributed by atoms with E-state index < -0.39 is 5.97 Å². The fourth-order valence-corrected chi connectivity index (χ4v) is 2.07. The minimum atomic E-state index is -0.931. The highest BCUT2D eigenvalue weighted by molar-refractivity contribution is 5.92. The van der Waals surface area contributed by atoms with E-state index >= 15 is 0 Å². The van der Waals surface area contributed by atoms with E-state index in [4.69, 9.17) is 0 Å². The molecule has 1 aromatic heterocycles. The molecule has 0 amide bonds. The van der Waals surface area contributed by atoms with E-state index in [-0.39, 0.29) is 5.56 Å². The van der Waals surface area contributed by atoms with Crippen LogP contribution in [-0.2, 0) is 0 Å². The Morgan fingerprint density at radius 3 is 2.79 bits per heavy atom. The summed E-state index contributed by atoms with van der Waals surface area (Å²) >= 11 is 0. The summed E-state index contributed by atoms with van der Waals surface area (Å²) in [5.41, 5.74) is 2.81. The molecule has 0 fully saturated rings. The molecule has 0 bridgehead atoms. The van der Waals surface area contributed by atoms with Gasteiger partial charge in [0.05, 0.1) is 16.9 Å². The molecule has 19 heavy (non-hydrogen) atoms. The third kappa shape index (κ3) is 2.52. The molecule has 2 rings (SSSR count). The smallest absolute Gasteiger partial charge is 0.337 e. The number of carboxylic acid groups (broad SMARTS) is 1. The maximum atomic E-state index is 11.3. The van der Waals surface area contributed by atoms with Crippen molar-refractivity contribution in [3.63, 3.8) is 0 Å². The van der Waals surface area contributed by atoms with E-state index in [0.717, 1.165) is 17.7 Å². The van der Waals surface area contributed by atoms with Crippen LogP contribution in [0.4, 0.5) is 0 Å². The van der Waals surface area contributed by atoms with E-state index in [2.05, 4.69) is 18.9 Å². The Labute approximate surface area is 112 Å². The third-order valence-electron chi connectivity index (χ3n) is 3.42. The van der Waals surface area contributed by atoms with Crippen LogP contribution in [0.3, 0.4) is 0 Å². The Morgan fingerprint density at radius 1 is 1.42 bits per heavy atom. The summed E-state index contributed by atoms with van der Waals surface area (Å²) in [7, 11) is 0. The highest BCUT2D eigenvalue weighted by Gasteiger charge is 2.15. The number of carbonyl (C=O) groups is 1. The number of benzene rings is 1. The number of aryl methyl sites for hydroxylation is 1. The molecule has 1 aromatic carbocycles. The lowest BCUT2D eigenvalue weighted by Crippen LogP contribution is -2.08. The van der Waals surface area contributed by atoms with Crippen LogP contribution in [-0.4, -0.2) is 20.9 Å². The van der Waals surface area contributed by atoms with Gasteiger partial charge >= 0.3 is 5.97 Å². The van der Waals surface area contributed by atoms with Crippen molar-refractivity contribution in [2.24, 2.45) is 0 Å². The molecule has 100 valence electrons. The molecular formula is C15H18N2O2. The zero-order valence-electron chi connectivity index (χ0n) is 11.4. The second kappa shape index (κ2) is 5.26. The number of aromatic nitrogens is 2. The van der Waals surface area contributed by atoms with Crippen molar-refractivity contribution in [1.29, 1.82) is 0 Å². The topological polar surface area (TPSA) is 55.1 Å². The summed E-state index contributed by atoms with van der Waals surface area (Å²) in [5.74, 6) is -0.558. The van der Waals surface area contributed by atoms with Gasteiger partial charge < -0.3 is 5.11 Å². The van der Waals surface area contributed by atoms with Crippen LogP contribution in [0.2, 0.25) is 0 Å². The third-order valence-corrected chi connectivity index (χ3v) is 3.42. The van der Waals surface area contributed by atoms with Gasteiger partial charge in [0.2, 0.25) is 0 Å². The lowest BCUT2D eigenvalue weighted by atomic mass is 10.1. The predicted octanol–water partition coefficient (Wildman–Crippen LogP) is 3.39. The van der Waals surface area contributed by atoms with Crippen LogP contribution < -0.4 is 0 Å². The standard InChI is InChI=1S/C15H18N2O2/c1-4-10(2)13-8-9-17(16-13)14-11(3)6-5-7-12(14)15(18)19/h5-10H,4H2,1-3H3,(H,18,19). The van der Waals surface area contributed by atoms with Gasteiger partial charge in [0.1, 0.15) is 0 Å². The SMILES string of the molecule is CCC(C)c1ccn(-c2c(C)cccc2C(=O)O)n1. The molecule has 1 heterocycles. The van der Waals surface area contributed by atoms with E-state index in [9.17, 15) is 9.90 Å². The molecule has 1 unspecified atom stereocenters. The average molecular weight is 258 g/mol. The molecule has 4 heteroatoms. The van der Waals surface area contributed by atoms with Crippen molar-refractivity contribution in [2.45, 2.75) is 33.1 Å². The normalized spacial score (nSPS) is 12.4. The number of nitrogens with zero attached hydrogens (tertiary/aromatic N) is 2. The first-order chi connectivity index (χ1) is 9.04. The number of carboxylic acids is 1. The summed E-state index contributed by atoms with van der Waals surface area (Å²) in [6.45, 7) is 6.12. The molecule has 0 spiro atoms. The van der Waals surface area contributed by atoms with Crippen LogP contribution in [0.25, 0.3) is 5.69 Å². The van der Waals surface area contributed by atoms with Crippen LogP contribution in [0, 0.1) is 6.92 Å². The maximum absolute atomic E-state index is 11.3. The summed E-state index contributed by atoms with van der Waals surface area (Å²) in [6, 6.07) is 7.20. The molecule has 1 atom stereocenters. The highest BCUT2D eigenvalue weighted by Crippen LogP contribution is 2.22. The number of rotatable bonds is 4. The van der Waals surface area contributed by atoms with Crippen molar-refractivity contribution >= 4 is 5.97 Å². The molecule has 0 saturated heterocycles. The molecule has 0 aliphatic carbocycles. The highest BCUT2D eigenvalue weighted by atomic mass is 16.4. The fourth-order valence-electron chi connectivity index (χ4n) is 2.07. The first-order valence-corrected chi connectivity index (χ1v) is 6.43. The largest absolute Gasteiger partial charge is 0.478 e. The van der Waals surface area contributed by atoms with Crippen molar-refractivity contribution in [1.82, 2.24) is 9.78 Å². The van der Waals surface area contributed by atoms with Gasteiger partial charge in [0.25, 0.3) is 0 Å². The number of aromatic carboxylic acids is 1. The van der Waals surface area contributed by atoms with Gasteiger partial charge in [-0.1, -0.05) is 26.0 Å². The fraction of sp³-hybridized carbons (Fsp3) is 0.333. The molecule has 4 nitrogen and oxygen atoms in total. The quantitative estimate of drug-likeness (QED) is 0.914. The molecule has 0 saturated carbocycles. The number of hydrogen-bond donors (Lipinski definition) is 1. The zero-order valence-corrected chi connectivity index (χ0v) is 11.4. The van der Waals surface area contributed by atoms with Crippen LogP contribution in [0.5, 0.6) is 0 Å². The number of hydrogen-bond acceptors (Lipinski definition) is 2. The molecule has 2 aromatic rings. The average Bonchev–Trinajstić information content (AvgIpc) is 2.86. The van der Waals surface area contributed by atoms with Crippen LogP contribution in [0.1, 0.15) is 47.8 Å². The Balaban J connectivity index is 2.53. The van der Waals surface area contributed by atoms with E-state index in [1.165, 1.54) is 0 Å². The van der Waals surface area contributed by atoms with Gasteiger partial charge in [-0.3, -0.25) is 0 Å². The summed E-state index contributed by atoms with van der Waals surface area (Å²) in [6.07, 6.45) is 2.84. The zero-order chi connectivity index (χ0) is 14.0. The van der Waals surface area contributed by atoms with Gasteiger partial charge in [-0.05, 0) is 37.0 Å². The van der Waals surface area contributed by atoms with Crippen LogP contribution in [0.15, 0.2) is 30.5 Å². The van der Waals surface area contributed by atoms with Crippen molar-refractivity contribution in [2.75, 3.05) is 0 Å². The van der Waals surface area contributed by atoms with E-state index in [1.807, 2.05) is 25.3 Å². The van der Waals surface area contributed by atoms with E-state index in [1.54, 1.807) is 16.8 Å². The van der Waals surface area contributed by atoms with Gasteiger partial charge in [0.15, 0.2) is 0 Å². The summed E-state index contributed by atoms with van der Waals surface area (Å²) in [5, 5.41) is 13.8. The van der Waals surface area contributed by atoms with Crippen molar-refractivity contribution in [3.05, 3.63) is 47.3 Å². The Kier molecular flexibility index (Phi) is 3.69. The summed E-state index contributed by atoms with van der Waals surface area (Å²) in [4.78, 5) is 11.3. The second-order valence-corrected chi connectivity index (χ2v) is 4.77. The van der Waals surface area contributed by atoms with Gasteiger partial charge in [-0.2, -0.15) is 5.10 Å². The minimum Gasteiger partial charge on any atom is -0.478 e. The van der Waals surface area contributed by atoms with Crippen molar-refractivity contribution < 1.29 is 9.90 Å². The Bertz CT molecular complexity index is 602. The Morgan fingerprint density at radius 2 is 2.16 bits per heavy atom. The van der Waals surface area contributed by atoms with Gasteiger partial charge in [-0.25, -0.2) is 9.48 Å². The molecule has 0 radical (unpaired) electrons. The first-order valence-electron chi connectivity index (χ1n) is 6.43. The monoisotopic (exact) mass is 258 g/mol. The molecule has 1 N–H and O–H groups in total. The maximum Gasteiger partial charge on any atom is 0.337 e. The van der Waals surface area contributed by atoms with Crippen molar-refractivity contribution in [3.8, 4) is 5.69 Å². The van der Waals surface area contributed by atoms with Gasteiger partial charge in [0, 0.05) is 6.20 Å². The van der Waals surface area contributed by atoms with E-state index in [0.29, 0.717) is 11.6 Å². The van der Waals surface area contributed by atoms with Gasteiger partial charge in [-0.15, -0.1) is 0 Å². The Hall–Kier alpha value is -2.10. The number of para-hydroxylation sites is 1. The molecular weight excluding hydrogens is 240 g/mol. The second-order valence-electron chi connectivity index (χ2n) is 4.77. The molecule has 0 aliphatic heterocycles. The lowest BCUT2D eigenvalue weighted by Gasteiger charge is -2.10. The molecule has 0 aliphatic rings. The first kappa shape index (κ1) is 13.3.